The van der Waals surface area contributed by atoms with Crippen LogP contribution in [0.4, 0.5) is 10.5 Å². The average Bonchev–Trinajstić information content (AvgIpc) is 2.62. The molecule has 0 saturated heterocycles. The second-order valence-corrected chi connectivity index (χ2v) is 6.24. The summed E-state index contributed by atoms with van der Waals surface area (Å²) in [6, 6.07) is 17.6. The molecule has 0 aromatic heterocycles. The van der Waals surface area contributed by atoms with Gasteiger partial charge in [0.2, 0.25) is 0 Å². The van der Waals surface area contributed by atoms with Gasteiger partial charge in [-0.15, -0.1) is 5.48 Å². The fraction of sp³-hybridized carbons (Fsp3) is 0.300. The summed E-state index contributed by atoms with van der Waals surface area (Å²) in [7, 11) is 0. The van der Waals surface area contributed by atoms with E-state index in [-0.39, 0.29) is 5.78 Å². The third kappa shape index (κ3) is 6.39. The molecule has 5 heteroatoms. The Labute approximate surface area is 148 Å². The maximum Gasteiger partial charge on any atom is 0.430 e. The van der Waals surface area contributed by atoms with Crippen LogP contribution in [-0.4, -0.2) is 11.9 Å². The third-order valence-electron chi connectivity index (χ3n) is 3.71. The maximum absolute atomic E-state index is 12.5. The molecule has 2 aromatic rings. The van der Waals surface area contributed by atoms with E-state index < -0.39 is 12.1 Å². The van der Waals surface area contributed by atoms with Crippen LogP contribution in [0.3, 0.4) is 0 Å². The van der Waals surface area contributed by atoms with Crippen LogP contribution in [-0.2, 0) is 9.63 Å². The molecule has 25 heavy (non-hydrogen) atoms. The van der Waals surface area contributed by atoms with E-state index in [0.717, 1.165) is 12.0 Å². The fourth-order valence-electron chi connectivity index (χ4n) is 2.32. The summed E-state index contributed by atoms with van der Waals surface area (Å²) in [6.45, 7) is 4.14. The Balaban J connectivity index is 1.98. The number of hydroxylamine groups is 1. The minimum absolute atomic E-state index is 0.00703. The van der Waals surface area contributed by atoms with Gasteiger partial charge in [-0.05, 0) is 30.0 Å². The monoisotopic (exact) mass is 340 g/mol. The van der Waals surface area contributed by atoms with E-state index in [1.54, 1.807) is 12.1 Å². The number of carbonyl (C=O) groups is 2. The molecule has 1 amide bonds. The Kier molecular flexibility index (Phi) is 7.16. The number of carbonyl (C=O) groups excluding carboxylic acids is 2. The first kappa shape index (κ1) is 18.7. The second kappa shape index (κ2) is 9.59. The van der Waals surface area contributed by atoms with Crippen molar-refractivity contribution in [1.82, 2.24) is 5.48 Å². The zero-order valence-corrected chi connectivity index (χ0v) is 14.6. The first-order valence-corrected chi connectivity index (χ1v) is 8.42. The number of benzene rings is 2. The molecular weight excluding hydrogens is 316 g/mol. The van der Waals surface area contributed by atoms with Crippen LogP contribution in [0.2, 0.25) is 0 Å². The lowest BCUT2D eigenvalue weighted by atomic mass is 9.97. The van der Waals surface area contributed by atoms with Gasteiger partial charge in [-0.25, -0.2) is 4.79 Å². The number of anilines is 1. The van der Waals surface area contributed by atoms with Gasteiger partial charge in [-0.1, -0.05) is 62.4 Å². The Bertz CT molecular complexity index is 672. The molecule has 0 spiro atoms. The van der Waals surface area contributed by atoms with Crippen molar-refractivity contribution < 1.29 is 14.4 Å². The molecule has 5 nitrogen and oxygen atoms in total. The molecule has 1 unspecified atom stereocenters. The van der Waals surface area contributed by atoms with E-state index in [9.17, 15) is 9.59 Å². The summed E-state index contributed by atoms with van der Waals surface area (Å²) < 4.78 is 0. The molecule has 0 saturated carbocycles. The van der Waals surface area contributed by atoms with Crippen LogP contribution in [0.5, 0.6) is 0 Å². The molecule has 0 heterocycles. The molecule has 2 aromatic carbocycles. The summed E-state index contributed by atoms with van der Waals surface area (Å²) in [4.78, 5) is 29.5. The van der Waals surface area contributed by atoms with E-state index in [2.05, 4.69) is 24.6 Å². The number of hydrogen-bond acceptors (Lipinski definition) is 4. The first-order chi connectivity index (χ1) is 12.1. The lowest BCUT2D eigenvalue weighted by Gasteiger charge is -2.18. The fourth-order valence-corrected chi connectivity index (χ4v) is 2.32. The van der Waals surface area contributed by atoms with Gasteiger partial charge in [0.1, 0.15) is 6.04 Å². The van der Waals surface area contributed by atoms with Gasteiger partial charge in [0.15, 0.2) is 5.78 Å². The van der Waals surface area contributed by atoms with Crippen LogP contribution < -0.4 is 10.8 Å². The van der Waals surface area contributed by atoms with Crippen molar-refractivity contribution in [2.24, 2.45) is 5.92 Å². The SMILES string of the molecule is CC(C)CCC(=O)C(NOC(=O)Nc1ccccc1)c1ccccc1. The highest BCUT2D eigenvalue weighted by Gasteiger charge is 2.22. The number of Topliss-reactive ketones (excluding diaryl/α,β-unsaturated/α-hetero) is 1. The van der Waals surface area contributed by atoms with Gasteiger partial charge < -0.3 is 4.84 Å². The van der Waals surface area contributed by atoms with Crippen molar-refractivity contribution in [3.8, 4) is 0 Å². The van der Waals surface area contributed by atoms with Crippen molar-refractivity contribution in [3.63, 3.8) is 0 Å². The predicted octanol–water partition coefficient (Wildman–Crippen LogP) is 4.49. The lowest BCUT2D eigenvalue weighted by molar-refractivity contribution is -0.124. The van der Waals surface area contributed by atoms with E-state index in [1.165, 1.54) is 0 Å². The average molecular weight is 340 g/mol. The van der Waals surface area contributed by atoms with E-state index in [4.69, 9.17) is 4.84 Å². The molecule has 0 radical (unpaired) electrons. The highest BCUT2D eigenvalue weighted by Crippen LogP contribution is 2.18. The normalized spacial score (nSPS) is 11.8. The van der Waals surface area contributed by atoms with E-state index >= 15 is 0 Å². The highest BCUT2D eigenvalue weighted by molar-refractivity contribution is 5.86. The molecule has 2 N–H and O–H groups in total. The molecule has 1 atom stereocenters. The van der Waals surface area contributed by atoms with Crippen molar-refractivity contribution in [2.75, 3.05) is 5.32 Å². The summed E-state index contributed by atoms with van der Waals surface area (Å²) in [5.74, 6) is 0.426. The van der Waals surface area contributed by atoms with Crippen molar-refractivity contribution in [3.05, 3.63) is 66.2 Å². The van der Waals surface area contributed by atoms with E-state index in [0.29, 0.717) is 18.0 Å². The van der Waals surface area contributed by atoms with Gasteiger partial charge in [-0.3, -0.25) is 10.1 Å². The number of nitrogens with one attached hydrogen (secondary N) is 2. The molecule has 2 rings (SSSR count). The van der Waals surface area contributed by atoms with Crippen molar-refractivity contribution in [1.29, 1.82) is 0 Å². The molecule has 132 valence electrons. The number of hydrogen-bond donors (Lipinski definition) is 2. The molecule has 0 aliphatic heterocycles. The minimum Gasteiger partial charge on any atom is -0.353 e. The lowest BCUT2D eigenvalue weighted by Crippen LogP contribution is -2.32. The first-order valence-electron chi connectivity index (χ1n) is 8.42. The minimum atomic E-state index is -0.679. The van der Waals surface area contributed by atoms with Gasteiger partial charge in [0.05, 0.1) is 0 Å². The highest BCUT2D eigenvalue weighted by atomic mass is 16.7. The van der Waals surface area contributed by atoms with Gasteiger partial charge in [0, 0.05) is 12.1 Å². The zero-order chi connectivity index (χ0) is 18.1. The molecule has 0 aliphatic rings. The third-order valence-corrected chi connectivity index (χ3v) is 3.71. The smallest absolute Gasteiger partial charge is 0.353 e. The standard InChI is InChI=1S/C20H24N2O3/c1-15(2)13-14-18(23)19(16-9-5-3-6-10-16)22-25-20(24)21-17-11-7-4-8-12-17/h3-12,15,19,22H,13-14H2,1-2H3,(H,21,24). The zero-order valence-electron chi connectivity index (χ0n) is 14.6. The predicted molar refractivity (Wildman–Crippen MR) is 97.9 cm³/mol. The van der Waals surface area contributed by atoms with Gasteiger partial charge in [-0.2, -0.15) is 0 Å². The van der Waals surface area contributed by atoms with Crippen molar-refractivity contribution in [2.45, 2.75) is 32.7 Å². The summed E-state index contributed by atoms with van der Waals surface area (Å²) >= 11 is 0. The van der Waals surface area contributed by atoms with Crippen LogP contribution in [0.1, 0.15) is 38.3 Å². The summed E-state index contributed by atoms with van der Waals surface area (Å²) in [5.41, 5.74) is 4.01. The second-order valence-electron chi connectivity index (χ2n) is 6.24. The van der Waals surface area contributed by atoms with Crippen molar-refractivity contribution >= 4 is 17.6 Å². The van der Waals surface area contributed by atoms with E-state index in [1.807, 2.05) is 48.5 Å². The van der Waals surface area contributed by atoms with Crippen LogP contribution in [0.25, 0.3) is 0 Å². The van der Waals surface area contributed by atoms with Gasteiger partial charge >= 0.3 is 6.09 Å². The Morgan fingerprint density at radius 2 is 1.56 bits per heavy atom. The summed E-state index contributed by atoms with van der Waals surface area (Å²) in [6.07, 6.45) is 0.553. The number of ketones is 1. The molecule has 0 fully saturated rings. The maximum atomic E-state index is 12.5. The largest absolute Gasteiger partial charge is 0.430 e. The molecule has 0 bridgehead atoms. The number of amides is 1. The number of rotatable bonds is 8. The Morgan fingerprint density at radius 1 is 0.960 bits per heavy atom. The quantitative estimate of drug-likeness (QED) is 0.695. The topological polar surface area (TPSA) is 67.4 Å². The van der Waals surface area contributed by atoms with Crippen LogP contribution >= 0.6 is 0 Å². The van der Waals surface area contributed by atoms with Crippen LogP contribution in [0, 0.1) is 5.92 Å². The molecular formula is C20H24N2O3. The number of para-hydroxylation sites is 1. The molecule has 0 aliphatic carbocycles. The van der Waals surface area contributed by atoms with Gasteiger partial charge in [0.25, 0.3) is 0 Å². The Morgan fingerprint density at radius 3 is 2.16 bits per heavy atom. The Hall–Kier alpha value is -2.66. The summed E-state index contributed by atoms with van der Waals surface area (Å²) in [5, 5.41) is 2.60. The van der Waals surface area contributed by atoms with Crippen LogP contribution in [0.15, 0.2) is 60.7 Å².